The molecule has 0 fully saturated rings. The van der Waals surface area contributed by atoms with Gasteiger partial charge in [-0.15, -0.1) is 0 Å². The number of hydrogen-bond donors (Lipinski definition) is 1. The molecule has 2 N–H and O–H groups in total. The van der Waals surface area contributed by atoms with Crippen LogP contribution in [0.2, 0.25) is 0 Å². The molecule has 1 aromatic heterocycles. The third-order valence-electron chi connectivity index (χ3n) is 3.13. The topological polar surface area (TPSA) is 64.9 Å². The van der Waals surface area contributed by atoms with Crippen LogP contribution in [-0.2, 0) is 0 Å². The van der Waals surface area contributed by atoms with Gasteiger partial charge in [-0.25, -0.2) is 0 Å². The molecule has 0 aliphatic carbocycles. The lowest BCUT2D eigenvalue weighted by molar-refractivity contribution is 0.432. The second-order valence-corrected chi connectivity index (χ2v) is 5.28. The lowest BCUT2D eigenvalue weighted by atomic mass is 10.1. The fourth-order valence-electron chi connectivity index (χ4n) is 1.98. The molecule has 3 rings (SSSR count). The molecule has 5 heteroatoms. The third-order valence-corrected chi connectivity index (χ3v) is 3.98. The van der Waals surface area contributed by atoms with Crippen molar-refractivity contribution in [2.75, 3.05) is 5.73 Å². The maximum atomic E-state index is 5.93. The number of halogens is 1. The number of para-hydroxylation sites is 1. The summed E-state index contributed by atoms with van der Waals surface area (Å²) in [4.78, 5) is 4.43. The number of nitrogens with zero attached hydrogens (tertiary/aromatic N) is 2. The molecule has 3 aromatic rings. The van der Waals surface area contributed by atoms with Crippen LogP contribution in [0.4, 0.5) is 5.69 Å². The van der Waals surface area contributed by atoms with E-state index in [1.54, 1.807) is 0 Å². The first-order chi connectivity index (χ1) is 9.66. The van der Waals surface area contributed by atoms with Crippen molar-refractivity contribution >= 4 is 21.6 Å². The van der Waals surface area contributed by atoms with E-state index in [1.807, 2.05) is 49.4 Å². The molecule has 0 unspecified atom stereocenters. The molecule has 0 saturated carbocycles. The van der Waals surface area contributed by atoms with E-state index in [9.17, 15) is 0 Å². The predicted molar refractivity (Wildman–Crippen MR) is 82.0 cm³/mol. The Labute approximate surface area is 124 Å². The summed E-state index contributed by atoms with van der Waals surface area (Å²) >= 11 is 3.50. The first kappa shape index (κ1) is 12.9. The molecule has 4 nitrogen and oxygen atoms in total. The minimum atomic E-state index is 0.488. The molecule has 0 saturated heterocycles. The summed E-state index contributed by atoms with van der Waals surface area (Å²) in [6, 6.07) is 13.3. The Bertz CT molecular complexity index is 767. The molecule has 0 radical (unpaired) electrons. The van der Waals surface area contributed by atoms with Crippen molar-refractivity contribution < 1.29 is 4.52 Å². The molecule has 20 heavy (non-hydrogen) atoms. The van der Waals surface area contributed by atoms with Gasteiger partial charge in [-0.3, -0.25) is 0 Å². The fraction of sp³-hybridized carbons (Fsp3) is 0.0667. The smallest absolute Gasteiger partial charge is 0.258 e. The highest BCUT2D eigenvalue weighted by molar-refractivity contribution is 9.10. The molecule has 2 aromatic carbocycles. The Hall–Kier alpha value is -2.14. The molecule has 0 spiro atoms. The molecular formula is C15H12BrN3O. The van der Waals surface area contributed by atoms with Gasteiger partial charge in [0.25, 0.3) is 5.89 Å². The Kier molecular flexibility index (Phi) is 3.28. The number of nitrogens with two attached hydrogens (primary N) is 1. The molecular weight excluding hydrogens is 318 g/mol. The Morgan fingerprint density at radius 1 is 1.05 bits per heavy atom. The van der Waals surface area contributed by atoms with E-state index < -0.39 is 0 Å². The first-order valence-electron chi connectivity index (χ1n) is 6.11. The van der Waals surface area contributed by atoms with Crippen molar-refractivity contribution in [3.8, 4) is 22.8 Å². The summed E-state index contributed by atoms with van der Waals surface area (Å²) in [6.07, 6.45) is 0. The molecule has 0 bridgehead atoms. The van der Waals surface area contributed by atoms with Gasteiger partial charge < -0.3 is 10.3 Å². The summed E-state index contributed by atoms with van der Waals surface area (Å²) in [7, 11) is 0. The summed E-state index contributed by atoms with van der Waals surface area (Å²) in [5.74, 6) is 0.986. The zero-order valence-corrected chi connectivity index (χ0v) is 12.4. The van der Waals surface area contributed by atoms with Crippen LogP contribution in [0, 0.1) is 6.92 Å². The number of rotatable bonds is 2. The Morgan fingerprint density at radius 2 is 1.80 bits per heavy atom. The van der Waals surface area contributed by atoms with Crippen molar-refractivity contribution in [3.63, 3.8) is 0 Å². The van der Waals surface area contributed by atoms with Gasteiger partial charge in [0.2, 0.25) is 5.82 Å². The van der Waals surface area contributed by atoms with Crippen LogP contribution in [0.15, 0.2) is 51.5 Å². The largest absolute Gasteiger partial charge is 0.398 e. The summed E-state index contributed by atoms with van der Waals surface area (Å²) in [6.45, 7) is 2.00. The average Bonchev–Trinajstić information content (AvgIpc) is 2.92. The van der Waals surface area contributed by atoms with Crippen molar-refractivity contribution in [1.29, 1.82) is 0 Å². The van der Waals surface area contributed by atoms with Crippen molar-refractivity contribution in [3.05, 3.63) is 52.5 Å². The van der Waals surface area contributed by atoms with Gasteiger partial charge in [0.1, 0.15) is 0 Å². The predicted octanol–water partition coefficient (Wildman–Crippen LogP) is 4.06. The summed E-state index contributed by atoms with van der Waals surface area (Å²) in [5.41, 5.74) is 9.30. The van der Waals surface area contributed by atoms with Gasteiger partial charge in [-0.2, -0.15) is 4.98 Å². The maximum Gasteiger partial charge on any atom is 0.258 e. The van der Waals surface area contributed by atoms with E-state index in [4.69, 9.17) is 10.3 Å². The molecule has 0 amide bonds. The van der Waals surface area contributed by atoms with Crippen LogP contribution in [0.3, 0.4) is 0 Å². The number of aromatic nitrogens is 2. The van der Waals surface area contributed by atoms with Crippen LogP contribution >= 0.6 is 15.9 Å². The highest BCUT2D eigenvalue weighted by Crippen LogP contribution is 2.30. The molecule has 0 aliphatic rings. The van der Waals surface area contributed by atoms with Gasteiger partial charge >= 0.3 is 0 Å². The van der Waals surface area contributed by atoms with Gasteiger partial charge in [0, 0.05) is 21.3 Å². The normalized spacial score (nSPS) is 10.7. The van der Waals surface area contributed by atoms with Crippen molar-refractivity contribution in [2.45, 2.75) is 6.92 Å². The number of benzene rings is 2. The van der Waals surface area contributed by atoms with E-state index in [2.05, 4.69) is 26.1 Å². The zero-order chi connectivity index (χ0) is 14.1. The van der Waals surface area contributed by atoms with Gasteiger partial charge in [-0.1, -0.05) is 39.3 Å². The number of anilines is 1. The Balaban J connectivity index is 2.07. The van der Waals surface area contributed by atoms with Gasteiger partial charge in [0.05, 0.1) is 0 Å². The number of hydrogen-bond acceptors (Lipinski definition) is 4. The monoisotopic (exact) mass is 329 g/mol. The maximum absolute atomic E-state index is 5.93. The fourth-order valence-corrected chi connectivity index (χ4v) is 2.35. The first-order valence-corrected chi connectivity index (χ1v) is 6.90. The molecule has 100 valence electrons. The standard InChI is InChI=1S/C15H12BrN3O/c1-9-10(6-4-7-12(9)16)15-18-14(19-20-15)11-5-2-3-8-13(11)17/h2-8H,17H2,1H3. The van der Waals surface area contributed by atoms with Gasteiger partial charge in [-0.05, 0) is 36.8 Å². The minimum Gasteiger partial charge on any atom is -0.398 e. The highest BCUT2D eigenvalue weighted by atomic mass is 79.9. The summed E-state index contributed by atoms with van der Waals surface area (Å²) in [5, 5.41) is 4.01. The van der Waals surface area contributed by atoms with E-state index >= 15 is 0 Å². The lowest BCUT2D eigenvalue weighted by Crippen LogP contribution is -1.90. The molecule has 1 heterocycles. The SMILES string of the molecule is Cc1c(Br)cccc1-c1nc(-c2ccccc2N)no1. The van der Waals surface area contributed by atoms with E-state index in [1.165, 1.54) is 0 Å². The quantitative estimate of drug-likeness (QED) is 0.720. The van der Waals surface area contributed by atoms with Crippen LogP contribution in [-0.4, -0.2) is 10.1 Å². The second-order valence-electron chi connectivity index (χ2n) is 4.42. The van der Waals surface area contributed by atoms with Crippen molar-refractivity contribution in [2.24, 2.45) is 0 Å². The van der Waals surface area contributed by atoms with Crippen LogP contribution in [0.1, 0.15) is 5.56 Å². The summed E-state index contributed by atoms with van der Waals surface area (Å²) < 4.78 is 6.37. The third kappa shape index (κ3) is 2.20. The number of nitrogen functional groups attached to an aromatic ring is 1. The zero-order valence-electron chi connectivity index (χ0n) is 10.8. The molecule has 0 atom stereocenters. The van der Waals surface area contributed by atoms with Crippen molar-refractivity contribution in [1.82, 2.24) is 10.1 Å². The molecule has 0 aliphatic heterocycles. The van der Waals surface area contributed by atoms with Crippen LogP contribution in [0.5, 0.6) is 0 Å². The van der Waals surface area contributed by atoms with E-state index in [0.717, 1.165) is 21.2 Å². The van der Waals surface area contributed by atoms with Crippen LogP contribution in [0.25, 0.3) is 22.8 Å². The minimum absolute atomic E-state index is 0.488. The Morgan fingerprint density at radius 3 is 2.60 bits per heavy atom. The van der Waals surface area contributed by atoms with Gasteiger partial charge in [0.15, 0.2) is 0 Å². The van der Waals surface area contributed by atoms with E-state index in [-0.39, 0.29) is 0 Å². The van der Waals surface area contributed by atoms with E-state index in [0.29, 0.717) is 17.4 Å². The lowest BCUT2D eigenvalue weighted by Gasteiger charge is -2.02. The average molecular weight is 330 g/mol. The highest BCUT2D eigenvalue weighted by Gasteiger charge is 2.14. The van der Waals surface area contributed by atoms with Crippen LogP contribution < -0.4 is 5.73 Å². The second kappa shape index (κ2) is 5.09.